The minimum Gasteiger partial charge on any atom is -0.493 e. The lowest BCUT2D eigenvalue weighted by molar-refractivity contribution is -0.138. The van der Waals surface area contributed by atoms with Gasteiger partial charge in [-0.05, 0) is 24.5 Å². The SMILES string of the molecule is O=C(O)CCC(=O)NCc1ccccc1OCCCc1ccccc1. The minimum atomic E-state index is -0.975. The molecule has 0 fully saturated rings. The number of nitrogens with one attached hydrogen (secondary N) is 1. The molecule has 0 saturated heterocycles. The highest BCUT2D eigenvalue weighted by Crippen LogP contribution is 2.18. The fourth-order valence-corrected chi connectivity index (χ4v) is 2.40. The van der Waals surface area contributed by atoms with Gasteiger partial charge in [0, 0.05) is 18.5 Å². The van der Waals surface area contributed by atoms with Crippen LogP contribution in [0.3, 0.4) is 0 Å². The first-order valence-electron chi connectivity index (χ1n) is 8.38. The van der Waals surface area contributed by atoms with Crippen molar-refractivity contribution in [1.29, 1.82) is 0 Å². The molecule has 0 heterocycles. The number of para-hydroxylation sites is 1. The van der Waals surface area contributed by atoms with Crippen molar-refractivity contribution in [2.45, 2.75) is 32.2 Å². The van der Waals surface area contributed by atoms with E-state index in [2.05, 4.69) is 17.4 Å². The van der Waals surface area contributed by atoms with Gasteiger partial charge in [-0.3, -0.25) is 9.59 Å². The topological polar surface area (TPSA) is 75.6 Å². The molecule has 2 aromatic rings. The molecule has 25 heavy (non-hydrogen) atoms. The Bertz CT molecular complexity index is 685. The Morgan fingerprint density at radius 3 is 2.44 bits per heavy atom. The van der Waals surface area contributed by atoms with Gasteiger partial charge < -0.3 is 15.2 Å². The Labute approximate surface area is 147 Å². The van der Waals surface area contributed by atoms with Gasteiger partial charge in [0.2, 0.25) is 5.91 Å². The average Bonchev–Trinajstić information content (AvgIpc) is 2.63. The molecule has 5 nitrogen and oxygen atoms in total. The number of hydrogen-bond acceptors (Lipinski definition) is 3. The van der Waals surface area contributed by atoms with E-state index in [9.17, 15) is 9.59 Å². The monoisotopic (exact) mass is 341 g/mol. The number of rotatable bonds is 10. The third-order valence-electron chi connectivity index (χ3n) is 3.72. The zero-order chi connectivity index (χ0) is 17.9. The Hall–Kier alpha value is -2.82. The minimum absolute atomic E-state index is 0.0184. The molecular weight excluding hydrogens is 318 g/mol. The summed E-state index contributed by atoms with van der Waals surface area (Å²) in [6, 6.07) is 17.8. The van der Waals surface area contributed by atoms with E-state index in [1.54, 1.807) is 0 Å². The van der Waals surface area contributed by atoms with Crippen LogP contribution in [0.2, 0.25) is 0 Å². The summed E-state index contributed by atoms with van der Waals surface area (Å²) in [7, 11) is 0. The van der Waals surface area contributed by atoms with E-state index in [4.69, 9.17) is 9.84 Å². The zero-order valence-corrected chi connectivity index (χ0v) is 14.1. The van der Waals surface area contributed by atoms with Gasteiger partial charge in [0.1, 0.15) is 5.75 Å². The molecule has 5 heteroatoms. The summed E-state index contributed by atoms with van der Waals surface area (Å²) in [5.74, 6) is -0.507. The van der Waals surface area contributed by atoms with Crippen molar-refractivity contribution in [2.75, 3.05) is 6.61 Å². The van der Waals surface area contributed by atoms with Gasteiger partial charge in [-0.25, -0.2) is 0 Å². The number of carbonyl (C=O) groups is 2. The van der Waals surface area contributed by atoms with Crippen molar-refractivity contribution in [3.8, 4) is 5.75 Å². The molecule has 0 aromatic heterocycles. The number of hydrogen-bond donors (Lipinski definition) is 2. The predicted octanol–water partition coefficient (Wildman–Crippen LogP) is 3.18. The lowest BCUT2D eigenvalue weighted by Crippen LogP contribution is -2.23. The molecule has 2 rings (SSSR count). The van der Waals surface area contributed by atoms with Crippen LogP contribution in [0.4, 0.5) is 0 Å². The van der Waals surface area contributed by atoms with E-state index in [1.165, 1.54) is 5.56 Å². The molecule has 0 saturated carbocycles. The summed E-state index contributed by atoms with van der Waals surface area (Å²) in [6.45, 7) is 0.923. The van der Waals surface area contributed by atoms with Gasteiger partial charge in [-0.15, -0.1) is 0 Å². The quantitative estimate of drug-likeness (QED) is 0.651. The normalized spacial score (nSPS) is 10.2. The zero-order valence-electron chi connectivity index (χ0n) is 14.1. The summed E-state index contributed by atoms with van der Waals surface area (Å²) in [5.41, 5.74) is 2.16. The molecule has 0 unspecified atom stereocenters. The molecule has 0 radical (unpaired) electrons. The maximum Gasteiger partial charge on any atom is 0.303 e. The predicted molar refractivity (Wildman–Crippen MR) is 95.4 cm³/mol. The first-order valence-corrected chi connectivity index (χ1v) is 8.38. The summed E-state index contributed by atoms with van der Waals surface area (Å²) in [5, 5.41) is 11.3. The molecule has 0 aliphatic carbocycles. The van der Waals surface area contributed by atoms with E-state index in [0.29, 0.717) is 13.2 Å². The van der Waals surface area contributed by atoms with Gasteiger partial charge in [0.15, 0.2) is 0 Å². The number of benzene rings is 2. The van der Waals surface area contributed by atoms with E-state index in [-0.39, 0.29) is 18.7 Å². The number of amides is 1. The molecule has 0 atom stereocenters. The van der Waals surface area contributed by atoms with E-state index < -0.39 is 5.97 Å². The fraction of sp³-hybridized carbons (Fsp3) is 0.300. The van der Waals surface area contributed by atoms with Crippen LogP contribution in [-0.2, 0) is 22.6 Å². The smallest absolute Gasteiger partial charge is 0.303 e. The van der Waals surface area contributed by atoms with Crippen molar-refractivity contribution >= 4 is 11.9 Å². The van der Waals surface area contributed by atoms with Crippen LogP contribution in [0.15, 0.2) is 54.6 Å². The van der Waals surface area contributed by atoms with Gasteiger partial charge in [0.25, 0.3) is 0 Å². The van der Waals surface area contributed by atoms with Gasteiger partial charge in [0.05, 0.1) is 13.0 Å². The van der Waals surface area contributed by atoms with Crippen molar-refractivity contribution in [3.63, 3.8) is 0 Å². The van der Waals surface area contributed by atoms with Crippen LogP contribution >= 0.6 is 0 Å². The first kappa shape index (κ1) is 18.5. The van der Waals surface area contributed by atoms with Crippen LogP contribution in [0.25, 0.3) is 0 Å². The van der Waals surface area contributed by atoms with E-state index in [0.717, 1.165) is 24.2 Å². The largest absolute Gasteiger partial charge is 0.493 e. The lowest BCUT2D eigenvalue weighted by atomic mass is 10.1. The highest BCUT2D eigenvalue weighted by Gasteiger charge is 2.07. The van der Waals surface area contributed by atoms with Crippen molar-refractivity contribution in [1.82, 2.24) is 5.32 Å². The summed E-state index contributed by atoms with van der Waals surface area (Å²) < 4.78 is 5.84. The molecule has 0 aliphatic rings. The number of carboxylic acid groups (broad SMARTS) is 1. The van der Waals surface area contributed by atoms with Crippen LogP contribution < -0.4 is 10.1 Å². The Kier molecular flexibility index (Phi) is 7.50. The number of aliphatic carboxylic acids is 1. The average molecular weight is 341 g/mol. The number of carbonyl (C=O) groups excluding carboxylic acids is 1. The molecule has 0 bridgehead atoms. The van der Waals surface area contributed by atoms with Crippen molar-refractivity contribution in [2.24, 2.45) is 0 Å². The highest BCUT2D eigenvalue weighted by molar-refractivity contribution is 5.80. The van der Waals surface area contributed by atoms with Crippen LogP contribution in [0.5, 0.6) is 5.75 Å². The molecular formula is C20H23NO4. The standard InChI is InChI=1S/C20H23NO4/c22-19(12-13-20(23)24)21-15-17-10-4-5-11-18(17)25-14-6-9-16-7-2-1-3-8-16/h1-5,7-8,10-11H,6,9,12-15H2,(H,21,22)(H,23,24). The molecule has 2 N–H and O–H groups in total. The van der Waals surface area contributed by atoms with Gasteiger partial charge in [-0.1, -0.05) is 48.5 Å². The van der Waals surface area contributed by atoms with Gasteiger partial charge >= 0.3 is 5.97 Å². The summed E-state index contributed by atoms with van der Waals surface area (Å²) >= 11 is 0. The molecule has 0 spiro atoms. The summed E-state index contributed by atoms with van der Waals surface area (Å²) in [6.07, 6.45) is 1.68. The second-order valence-corrected chi connectivity index (χ2v) is 5.72. The second kappa shape index (κ2) is 10.1. The summed E-state index contributed by atoms with van der Waals surface area (Å²) in [4.78, 5) is 22.1. The fourth-order valence-electron chi connectivity index (χ4n) is 2.40. The van der Waals surface area contributed by atoms with E-state index in [1.807, 2.05) is 42.5 Å². The van der Waals surface area contributed by atoms with Crippen LogP contribution in [0.1, 0.15) is 30.4 Å². The molecule has 132 valence electrons. The van der Waals surface area contributed by atoms with E-state index >= 15 is 0 Å². The maximum absolute atomic E-state index is 11.6. The highest BCUT2D eigenvalue weighted by atomic mass is 16.5. The maximum atomic E-state index is 11.6. The number of ether oxygens (including phenoxy) is 1. The number of carboxylic acids is 1. The molecule has 0 aliphatic heterocycles. The lowest BCUT2D eigenvalue weighted by Gasteiger charge is -2.12. The number of aryl methyl sites for hydroxylation is 1. The second-order valence-electron chi connectivity index (χ2n) is 5.72. The Morgan fingerprint density at radius 1 is 0.960 bits per heavy atom. The van der Waals surface area contributed by atoms with Crippen molar-refractivity contribution < 1.29 is 19.4 Å². The molecule has 1 amide bonds. The van der Waals surface area contributed by atoms with Crippen LogP contribution in [-0.4, -0.2) is 23.6 Å². The first-order chi connectivity index (χ1) is 12.1. The van der Waals surface area contributed by atoms with Crippen LogP contribution in [0, 0.1) is 0 Å². The van der Waals surface area contributed by atoms with Gasteiger partial charge in [-0.2, -0.15) is 0 Å². The Balaban J connectivity index is 1.77. The van der Waals surface area contributed by atoms with Crippen molar-refractivity contribution in [3.05, 3.63) is 65.7 Å². The third-order valence-corrected chi connectivity index (χ3v) is 3.72. The third kappa shape index (κ3) is 7.08. The Morgan fingerprint density at radius 2 is 1.68 bits per heavy atom. The molecule has 2 aromatic carbocycles.